The molecule has 2 N–H and O–H groups in total. The summed E-state index contributed by atoms with van der Waals surface area (Å²) in [5.41, 5.74) is 7.20. The summed E-state index contributed by atoms with van der Waals surface area (Å²) in [4.78, 5) is 3.36. The number of rotatable bonds is 7. The van der Waals surface area contributed by atoms with Crippen molar-refractivity contribution in [1.82, 2.24) is 30.5 Å². The molecule has 0 unspecified atom stereocenters. The second kappa shape index (κ2) is 8.40. The third-order valence-electron chi connectivity index (χ3n) is 5.72. The highest BCUT2D eigenvalue weighted by atomic mass is 15.5. The molecule has 0 saturated heterocycles. The number of fused-ring (bicyclic) bond motifs is 1. The number of nitrogens with zero attached hydrogens (tertiary/aromatic N) is 4. The van der Waals surface area contributed by atoms with Gasteiger partial charge >= 0.3 is 0 Å². The van der Waals surface area contributed by atoms with Crippen molar-refractivity contribution in [3.8, 4) is 5.69 Å². The van der Waals surface area contributed by atoms with Gasteiger partial charge in [0.1, 0.15) is 0 Å². The molecule has 4 rings (SSSR count). The summed E-state index contributed by atoms with van der Waals surface area (Å²) in [6, 6.07) is 12.9. The average molecular weight is 403 g/mol. The normalized spacial score (nSPS) is 12.7. The Morgan fingerprint density at radius 1 is 1.07 bits per heavy atom. The van der Waals surface area contributed by atoms with Crippen LogP contribution in [-0.2, 0) is 6.42 Å². The lowest BCUT2D eigenvalue weighted by Gasteiger charge is -2.22. The van der Waals surface area contributed by atoms with Crippen molar-refractivity contribution in [2.24, 2.45) is 5.92 Å². The summed E-state index contributed by atoms with van der Waals surface area (Å²) in [7, 11) is 0. The molecule has 2 aromatic heterocycles. The molecule has 0 aliphatic heterocycles. The Kier molecular flexibility index (Phi) is 5.68. The number of aromatic amines is 1. The number of benzene rings is 2. The van der Waals surface area contributed by atoms with Crippen molar-refractivity contribution in [1.29, 1.82) is 0 Å². The minimum absolute atomic E-state index is 0.0605. The van der Waals surface area contributed by atoms with Crippen LogP contribution >= 0.6 is 0 Å². The number of nitrogens with one attached hydrogen (secondary N) is 2. The van der Waals surface area contributed by atoms with Crippen molar-refractivity contribution < 1.29 is 0 Å². The molecular formula is C24H30N6. The molecule has 2 aromatic carbocycles. The maximum atomic E-state index is 4.42. The van der Waals surface area contributed by atoms with E-state index in [-0.39, 0.29) is 6.04 Å². The van der Waals surface area contributed by atoms with Crippen LogP contribution in [0.5, 0.6) is 0 Å². The van der Waals surface area contributed by atoms with Gasteiger partial charge < -0.3 is 10.3 Å². The first-order chi connectivity index (χ1) is 14.5. The molecule has 0 aliphatic rings. The van der Waals surface area contributed by atoms with Gasteiger partial charge in [-0.2, -0.15) is 4.68 Å². The standard InChI is InChI=1S/C24H30N6/c1-15(2)22(25-11-10-19-14-26-21-9-7-6-8-20(19)21)24-27-28-29-30(24)23-17(4)12-16(3)13-18(23)5/h6-9,12-15,22,25-26H,10-11H2,1-5H3/t22-/m1/s1. The Bertz CT molecular complexity index is 1130. The number of aromatic nitrogens is 5. The zero-order chi connectivity index (χ0) is 21.3. The number of H-pyrrole nitrogens is 1. The average Bonchev–Trinajstić information content (AvgIpc) is 3.32. The molecule has 6 nitrogen and oxygen atoms in total. The number of aryl methyl sites for hydroxylation is 3. The molecule has 0 bridgehead atoms. The highest BCUT2D eigenvalue weighted by Crippen LogP contribution is 2.26. The Hall–Kier alpha value is -2.99. The molecule has 2 heterocycles. The van der Waals surface area contributed by atoms with Crippen LogP contribution in [0.15, 0.2) is 42.6 Å². The van der Waals surface area contributed by atoms with Gasteiger partial charge in [-0.25, -0.2) is 0 Å². The zero-order valence-electron chi connectivity index (χ0n) is 18.4. The lowest BCUT2D eigenvalue weighted by Crippen LogP contribution is -2.30. The smallest absolute Gasteiger partial charge is 0.173 e. The van der Waals surface area contributed by atoms with Crippen LogP contribution in [0.25, 0.3) is 16.6 Å². The lowest BCUT2D eigenvalue weighted by molar-refractivity contribution is 0.390. The van der Waals surface area contributed by atoms with E-state index in [1.54, 1.807) is 0 Å². The second-order valence-corrected chi connectivity index (χ2v) is 8.48. The van der Waals surface area contributed by atoms with E-state index in [1.807, 2.05) is 4.68 Å². The maximum absolute atomic E-state index is 4.42. The van der Waals surface area contributed by atoms with Gasteiger partial charge in [0, 0.05) is 17.1 Å². The molecule has 0 amide bonds. The summed E-state index contributed by atoms with van der Waals surface area (Å²) in [6.07, 6.45) is 3.05. The predicted molar refractivity (Wildman–Crippen MR) is 121 cm³/mol. The summed E-state index contributed by atoms with van der Waals surface area (Å²) in [5, 5.41) is 17.8. The van der Waals surface area contributed by atoms with Crippen LogP contribution in [0.3, 0.4) is 0 Å². The highest BCUT2D eigenvalue weighted by Gasteiger charge is 2.24. The molecule has 4 aromatic rings. The summed E-state index contributed by atoms with van der Waals surface area (Å²) >= 11 is 0. The van der Waals surface area contributed by atoms with Crippen molar-refractivity contribution in [2.45, 2.75) is 47.1 Å². The van der Waals surface area contributed by atoms with Crippen LogP contribution in [0.1, 0.15) is 48.0 Å². The topological polar surface area (TPSA) is 71.4 Å². The minimum Gasteiger partial charge on any atom is -0.361 e. The fourth-order valence-electron chi connectivity index (χ4n) is 4.38. The van der Waals surface area contributed by atoms with E-state index in [9.17, 15) is 0 Å². The van der Waals surface area contributed by atoms with Crippen LogP contribution in [0, 0.1) is 26.7 Å². The number of hydrogen-bond acceptors (Lipinski definition) is 4. The van der Waals surface area contributed by atoms with Gasteiger partial charge in [0.2, 0.25) is 0 Å². The van der Waals surface area contributed by atoms with Gasteiger partial charge in [0.25, 0.3) is 0 Å². The molecule has 0 spiro atoms. The van der Waals surface area contributed by atoms with E-state index in [1.165, 1.54) is 33.2 Å². The number of para-hydroxylation sites is 1. The van der Waals surface area contributed by atoms with Crippen LogP contribution in [0.2, 0.25) is 0 Å². The first-order valence-electron chi connectivity index (χ1n) is 10.6. The highest BCUT2D eigenvalue weighted by molar-refractivity contribution is 5.83. The van der Waals surface area contributed by atoms with E-state index in [0.717, 1.165) is 24.5 Å². The molecule has 0 aliphatic carbocycles. The SMILES string of the molecule is Cc1cc(C)c(-n2nnnc2[C@H](NCCc2c[nH]c3ccccc23)C(C)C)c(C)c1. The number of hydrogen-bond donors (Lipinski definition) is 2. The molecule has 0 fully saturated rings. The van der Waals surface area contributed by atoms with Crippen LogP contribution in [0.4, 0.5) is 0 Å². The van der Waals surface area contributed by atoms with Gasteiger partial charge in [-0.15, -0.1) is 5.10 Å². The van der Waals surface area contributed by atoms with Gasteiger partial charge in [0.15, 0.2) is 5.82 Å². The molecule has 0 radical (unpaired) electrons. The summed E-state index contributed by atoms with van der Waals surface area (Å²) in [5.74, 6) is 1.21. The number of tetrazole rings is 1. The molecule has 0 saturated carbocycles. The molecule has 30 heavy (non-hydrogen) atoms. The first-order valence-corrected chi connectivity index (χ1v) is 10.6. The van der Waals surface area contributed by atoms with Gasteiger partial charge in [-0.05, 0) is 72.8 Å². The Balaban J connectivity index is 1.57. The van der Waals surface area contributed by atoms with E-state index in [0.29, 0.717) is 5.92 Å². The van der Waals surface area contributed by atoms with E-state index < -0.39 is 0 Å². The molecular weight excluding hydrogens is 372 g/mol. The minimum atomic E-state index is 0.0605. The Morgan fingerprint density at radius 3 is 2.53 bits per heavy atom. The molecule has 156 valence electrons. The Morgan fingerprint density at radius 2 is 1.80 bits per heavy atom. The van der Waals surface area contributed by atoms with Gasteiger partial charge in [-0.1, -0.05) is 49.7 Å². The van der Waals surface area contributed by atoms with Crippen LogP contribution < -0.4 is 5.32 Å². The largest absolute Gasteiger partial charge is 0.361 e. The van der Waals surface area contributed by atoms with Crippen molar-refractivity contribution in [3.63, 3.8) is 0 Å². The van der Waals surface area contributed by atoms with Crippen LogP contribution in [-0.4, -0.2) is 31.7 Å². The van der Waals surface area contributed by atoms with E-state index in [2.05, 4.69) is 103 Å². The van der Waals surface area contributed by atoms with E-state index in [4.69, 9.17) is 0 Å². The Labute approximate surface area is 177 Å². The molecule has 6 heteroatoms. The second-order valence-electron chi connectivity index (χ2n) is 8.48. The van der Waals surface area contributed by atoms with Crippen molar-refractivity contribution in [3.05, 3.63) is 70.7 Å². The summed E-state index contributed by atoms with van der Waals surface area (Å²) < 4.78 is 1.91. The summed E-state index contributed by atoms with van der Waals surface area (Å²) in [6.45, 7) is 11.6. The lowest BCUT2D eigenvalue weighted by atomic mass is 10.0. The van der Waals surface area contributed by atoms with Gasteiger partial charge in [-0.3, -0.25) is 0 Å². The van der Waals surface area contributed by atoms with Gasteiger partial charge in [0.05, 0.1) is 11.7 Å². The fraction of sp³-hybridized carbons (Fsp3) is 0.375. The quantitative estimate of drug-likeness (QED) is 0.474. The van der Waals surface area contributed by atoms with E-state index >= 15 is 0 Å². The predicted octanol–water partition coefficient (Wildman–Crippen LogP) is 4.60. The molecule has 1 atom stereocenters. The zero-order valence-corrected chi connectivity index (χ0v) is 18.4. The maximum Gasteiger partial charge on any atom is 0.173 e. The monoisotopic (exact) mass is 402 g/mol. The third kappa shape index (κ3) is 3.87. The third-order valence-corrected chi connectivity index (χ3v) is 5.72. The van der Waals surface area contributed by atoms with Crippen molar-refractivity contribution in [2.75, 3.05) is 6.54 Å². The fourth-order valence-corrected chi connectivity index (χ4v) is 4.38. The first kappa shape index (κ1) is 20.3. The van der Waals surface area contributed by atoms with Crippen molar-refractivity contribution >= 4 is 10.9 Å².